The minimum atomic E-state index is 0.252. The van der Waals surface area contributed by atoms with Crippen molar-refractivity contribution >= 4 is 39.0 Å². The molecule has 1 aliphatic rings. The first-order chi connectivity index (χ1) is 11.6. The van der Waals surface area contributed by atoms with Gasteiger partial charge in [0.25, 0.3) is 0 Å². The van der Waals surface area contributed by atoms with Crippen molar-refractivity contribution in [1.29, 1.82) is 0 Å². The number of phenols is 1. The van der Waals surface area contributed by atoms with Crippen molar-refractivity contribution in [1.82, 2.24) is 9.97 Å². The lowest BCUT2D eigenvalue weighted by molar-refractivity contribution is 0.122. The van der Waals surface area contributed by atoms with Gasteiger partial charge in [-0.15, -0.1) is 11.3 Å². The predicted molar refractivity (Wildman–Crippen MR) is 97.3 cm³/mol. The van der Waals surface area contributed by atoms with E-state index in [1.165, 1.54) is 0 Å². The van der Waals surface area contributed by atoms with Crippen LogP contribution in [0.4, 0.5) is 5.82 Å². The summed E-state index contributed by atoms with van der Waals surface area (Å²) in [6.07, 6.45) is 0. The number of benzene rings is 1. The molecule has 0 amide bonds. The third kappa shape index (κ3) is 2.70. The monoisotopic (exact) mass is 361 g/mol. The maximum absolute atomic E-state index is 9.78. The van der Waals surface area contributed by atoms with Gasteiger partial charge >= 0.3 is 0 Å². The van der Waals surface area contributed by atoms with Crippen LogP contribution in [0.25, 0.3) is 20.7 Å². The Balaban J connectivity index is 1.91. The van der Waals surface area contributed by atoms with Crippen LogP contribution in [0.15, 0.2) is 24.3 Å². The van der Waals surface area contributed by atoms with Gasteiger partial charge in [0.05, 0.1) is 23.4 Å². The van der Waals surface area contributed by atoms with Crippen LogP contribution in [0.5, 0.6) is 5.75 Å². The number of hydrogen-bond donors (Lipinski definition) is 1. The molecule has 24 heavy (non-hydrogen) atoms. The number of aromatic hydroxyl groups is 1. The number of fused-ring (bicyclic) bond motifs is 1. The van der Waals surface area contributed by atoms with Gasteiger partial charge in [-0.1, -0.05) is 12.1 Å². The second-order valence-electron chi connectivity index (χ2n) is 5.70. The molecule has 1 aromatic carbocycles. The van der Waals surface area contributed by atoms with Gasteiger partial charge in [-0.2, -0.15) is 4.98 Å². The number of thiophene rings is 1. The molecule has 0 unspecified atom stereocenters. The molecular weight excluding hydrogens is 346 g/mol. The third-order valence-electron chi connectivity index (χ3n) is 4.14. The number of phenolic OH excluding ortho intramolecular Hbond substituents is 1. The molecule has 3 heterocycles. The van der Waals surface area contributed by atoms with Crippen LogP contribution < -0.4 is 4.90 Å². The minimum absolute atomic E-state index is 0.252. The summed E-state index contributed by atoms with van der Waals surface area (Å²) < 4.78 is 6.46. The van der Waals surface area contributed by atoms with Gasteiger partial charge in [0, 0.05) is 18.0 Å². The fraction of sp³-hybridized carbons (Fsp3) is 0.294. The molecule has 5 nitrogen and oxygen atoms in total. The van der Waals surface area contributed by atoms with Gasteiger partial charge < -0.3 is 14.7 Å². The zero-order chi connectivity index (χ0) is 16.7. The summed E-state index contributed by atoms with van der Waals surface area (Å²) in [7, 11) is 0. The van der Waals surface area contributed by atoms with Crippen LogP contribution >= 0.6 is 22.9 Å². The fourth-order valence-corrected chi connectivity index (χ4v) is 4.38. The molecule has 0 atom stereocenters. The molecule has 0 radical (unpaired) electrons. The van der Waals surface area contributed by atoms with Crippen LogP contribution in [0.3, 0.4) is 0 Å². The van der Waals surface area contributed by atoms with E-state index in [0.29, 0.717) is 13.2 Å². The van der Waals surface area contributed by atoms with Crippen LogP contribution in [0, 0.1) is 6.92 Å². The second kappa shape index (κ2) is 6.20. The smallest absolute Gasteiger partial charge is 0.224 e. The Hall–Kier alpha value is -1.89. The molecular formula is C17H16ClN3O2S. The van der Waals surface area contributed by atoms with Crippen molar-refractivity contribution in [2.45, 2.75) is 6.92 Å². The van der Waals surface area contributed by atoms with Crippen LogP contribution in [-0.2, 0) is 4.74 Å². The standard InChI is InChI=1S/C17H16ClN3O2S/c1-10-13-15(24-14(10)11-3-2-4-12(22)9-11)16(20-17(18)19-13)21-5-7-23-8-6-21/h2-4,9,22H,5-8H2,1H3. The summed E-state index contributed by atoms with van der Waals surface area (Å²) in [6, 6.07) is 7.26. The van der Waals surface area contributed by atoms with Crippen LogP contribution in [0.1, 0.15) is 5.56 Å². The van der Waals surface area contributed by atoms with E-state index in [1.807, 2.05) is 19.1 Å². The quantitative estimate of drug-likeness (QED) is 0.702. The van der Waals surface area contributed by atoms with E-state index >= 15 is 0 Å². The number of hydrogen-bond acceptors (Lipinski definition) is 6. The number of aromatic nitrogens is 2. The maximum atomic E-state index is 9.78. The summed E-state index contributed by atoms with van der Waals surface area (Å²) in [5.41, 5.74) is 2.90. The molecule has 3 aromatic rings. The van der Waals surface area contributed by atoms with Gasteiger partial charge in [0.15, 0.2) is 5.82 Å². The van der Waals surface area contributed by atoms with Crippen molar-refractivity contribution in [3.05, 3.63) is 35.1 Å². The van der Waals surface area contributed by atoms with Crippen molar-refractivity contribution in [3.63, 3.8) is 0 Å². The first-order valence-corrected chi connectivity index (χ1v) is 8.91. The third-order valence-corrected chi connectivity index (χ3v) is 5.63. The van der Waals surface area contributed by atoms with Gasteiger partial charge in [0.1, 0.15) is 5.75 Å². The normalized spacial score (nSPS) is 15.2. The van der Waals surface area contributed by atoms with E-state index < -0.39 is 0 Å². The fourth-order valence-electron chi connectivity index (χ4n) is 2.96. The van der Waals surface area contributed by atoms with Crippen molar-refractivity contribution in [3.8, 4) is 16.2 Å². The summed E-state index contributed by atoms with van der Waals surface area (Å²) in [5, 5.41) is 10.0. The Morgan fingerprint density at radius 3 is 2.79 bits per heavy atom. The number of anilines is 1. The lowest BCUT2D eigenvalue weighted by Crippen LogP contribution is -2.36. The lowest BCUT2D eigenvalue weighted by Gasteiger charge is -2.28. The molecule has 0 aliphatic carbocycles. The average molecular weight is 362 g/mol. The summed E-state index contributed by atoms with van der Waals surface area (Å²) in [5.74, 6) is 1.12. The Morgan fingerprint density at radius 1 is 1.25 bits per heavy atom. The van der Waals surface area contributed by atoms with Gasteiger partial charge in [-0.05, 0) is 41.8 Å². The molecule has 0 bridgehead atoms. The van der Waals surface area contributed by atoms with Crippen LogP contribution in [-0.4, -0.2) is 41.4 Å². The van der Waals surface area contributed by atoms with Crippen molar-refractivity contribution < 1.29 is 9.84 Å². The molecule has 4 rings (SSSR count). The van der Waals surface area contributed by atoms with Gasteiger partial charge in [-0.3, -0.25) is 0 Å². The van der Waals surface area contributed by atoms with E-state index in [0.717, 1.165) is 45.1 Å². The highest BCUT2D eigenvalue weighted by atomic mass is 35.5. The van der Waals surface area contributed by atoms with E-state index in [9.17, 15) is 5.11 Å². The average Bonchev–Trinajstić information content (AvgIpc) is 2.92. The summed E-state index contributed by atoms with van der Waals surface area (Å²) in [6.45, 7) is 4.99. The molecule has 0 saturated carbocycles. The summed E-state index contributed by atoms with van der Waals surface area (Å²) in [4.78, 5) is 12.2. The summed E-state index contributed by atoms with van der Waals surface area (Å²) >= 11 is 7.82. The predicted octanol–water partition coefficient (Wildman–Crippen LogP) is 3.86. The Kier molecular flexibility index (Phi) is 4.04. The molecule has 124 valence electrons. The minimum Gasteiger partial charge on any atom is -0.508 e. The Bertz CT molecular complexity index is 906. The molecule has 2 aromatic heterocycles. The topological polar surface area (TPSA) is 58.5 Å². The number of ether oxygens (including phenoxy) is 1. The molecule has 1 fully saturated rings. The number of morpholine rings is 1. The molecule has 1 aliphatic heterocycles. The van der Waals surface area contributed by atoms with Crippen molar-refractivity contribution in [2.75, 3.05) is 31.2 Å². The second-order valence-corrected chi connectivity index (χ2v) is 7.06. The van der Waals surface area contributed by atoms with Gasteiger partial charge in [-0.25, -0.2) is 4.98 Å². The van der Waals surface area contributed by atoms with Crippen LogP contribution in [0.2, 0.25) is 5.28 Å². The first kappa shape index (κ1) is 15.6. The highest BCUT2D eigenvalue weighted by Gasteiger charge is 2.21. The molecule has 1 saturated heterocycles. The van der Waals surface area contributed by atoms with E-state index in [2.05, 4.69) is 14.9 Å². The zero-order valence-corrected chi connectivity index (χ0v) is 14.7. The maximum Gasteiger partial charge on any atom is 0.224 e. The van der Waals surface area contributed by atoms with E-state index in [4.69, 9.17) is 16.3 Å². The molecule has 1 N–H and O–H groups in total. The number of aryl methyl sites for hydroxylation is 1. The molecule has 7 heteroatoms. The zero-order valence-electron chi connectivity index (χ0n) is 13.1. The number of nitrogens with zero attached hydrogens (tertiary/aromatic N) is 3. The largest absolute Gasteiger partial charge is 0.508 e. The van der Waals surface area contributed by atoms with Gasteiger partial charge in [0.2, 0.25) is 5.28 Å². The lowest BCUT2D eigenvalue weighted by atomic mass is 10.1. The number of halogens is 1. The first-order valence-electron chi connectivity index (χ1n) is 7.72. The Morgan fingerprint density at radius 2 is 2.04 bits per heavy atom. The van der Waals surface area contributed by atoms with Crippen molar-refractivity contribution in [2.24, 2.45) is 0 Å². The van der Waals surface area contributed by atoms with E-state index in [-0.39, 0.29) is 11.0 Å². The van der Waals surface area contributed by atoms with E-state index in [1.54, 1.807) is 23.5 Å². The molecule has 0 spiro atoms. The highest BCUT2D eigenvalue weighted by molar-refractivity contribution is 7.23. The SMILES string of the molecule is Cc1c(-c2cccc(O)c2)sc2c(N3CCOCC3)nc(Cl)nc12. The Labute approximate surface area is 148 Å². The highest BCUT2D eigenvalue weighted by Crippen LogP contribution is 2.42. The number of rotatable bonds is 2.